The minimum absolute atomic E-state index is 0.0391. The molecule has 26 heavy (non-hydrogen) atoms. The van der Waals surface area contributed by atoms with Crippen LogP contribution in [-0.4, -0.2) is 14.7 Å². The minimum Gasteiger partial charge on any atom is -0.494 e. The van der Waals surface area contributed by atoms with E-state index in [1.807, 2.05) is 36.4 Å². The van der Waals surface area contributed by atoms with Crippen molar-refractivity contribution < 1.29 is 5.11 Å². The van der Waals surface area contributed by atoms with Crippen molar-refractivity contribution in [2.24, 2.45) is 0 Å². The number of benzene rings is 2. The summed E-state index contributed by atoms with van der Waals surface area (Å²) in [6.45, 7) is 0.639. The number of rotatable bonds is 3. The Balaban J connectivity index is 1.45. The van der Waals surface area contributed by atoms with Gasteiger partial charge in [-0.15, -0.1) is 0 Å². The van der Waals surface area contributed by atoms with Crippen LogP contribution in [0.2, 0.25) is 0 Å². The SMILES string of the molecule is O=c1[nH]c(O)c(Cc2ccc(C#CCn3ccc4ccccc43)cc2)s1. The van der Waals surface area contributed by atoms with Gasteiger partial charge in [-0.05, 0) is 35.2 Å². The van der Waals surface area contributed by atoms with Gasteiger partial charge in [-0.3, -0.25) is 9.78 Å². The summed E-state index contributed by atoms with van der Waals surface area (Å²) in [4.78, 5) is 14.0. The molecule has 4 rings (SSSR count). The van der Waals surface area contributed by atoms with Crippen LogP contribution in [0.25, 0.3) is 10.9 Å². The summed E-state index contributed by atoms with van der Waals surface area (Å²) >= 11 is 1.03. The lowest BCUT2D eigenvalue weighted by molar-refractivity contribution is 0.451. The van der Waals surface area contributed by atoms with Crippen molar-refractivity contribution in [2.45, 2.75) is 13.0 Å². The van der Waals surface area contributed by atoms with Crippen LogP contribution < -0.4 is 4.87 Å². The normalized spacial score (nSPS) is 10.6. The molecule has 0 unspecified atom stereocenters. The zero-order valence-corrected chi connectivity index (χ0v) is 14.7. The first-order valence-corrected chi connectivity index (χ1v) is 9.03. The number of fused-ring (bicyclic) bond motifs is 1. The van der Waals surface area contributed by atoms with Gasteiger partial charge in [0.05, 0.1) is 11.4 Å². The third kappa shape index (κ3) is 3.41. The van der Waals surface area contributed by atoms with Crippen LogP contribution in [0.5, 0.6) is 5.88 Å². The number of thiazole rings is 1. The molecule has 128 valence electrons. The van der Waals surface area contributed by atoms with Crippen molar-refractivity contribution in [3.63, 3.8) is 0 Å². The van der Waals surface area contributed by atoms with Gasteiger partial charge in [0.2, 0.25) is 5.88 Å². The monoisotopic (exact) mass is 360 g/mol. The van der Waals surface area contributed by atoms with E-state index < -0.39 is 0 Å². The molecule has 0 saturated heterocycles. The van der Waals surface area contributed by atoms with Crippen LogP contribution in [0.3, 0.4) is 0 Å². The van der Waals surface area contributed by atoms with Crippen LogP contribution in [0.1, 0.15) is 16.0 Å². The highest BCUT2D eigenvalue weighted by Gasteiger charge is 2.07. The standard InChI is InChI=1S/C21H16N2O2S/c24-20-19(26-21(25)22-20)14-16-9-7-15(8-10-16)4-3-12-23-13-11-17-5-1-2-6-18(17)23/h1-2,5-11,13,24H,12,14H2,(H,22,25). The molecule has 0 aliphatic rings. The van der Waals surface area contributed by atoms with Crippen molar-refractivity contribution >= 4 is 22.2 Å². The average Bonchev–Trinajstić information content (AvgIpc) is 3.19. The average molecular weight is 360 g/mol. The lowest BCUT2D eigenvalue weighted by Gasteiger charge is -2.00. The largest absolute Gasteiger partial charge is 0.494 e. The lowest BCUT2D eigenvalue weighted by Crippen LogP contribution is -1.92. The summed E-state index contributed by atoms with van der Waals surface area (Å²) in [7, 11) is 0. The number of aromatic nitrogens is 2. The van der Waals surface area contributed by atoms with E-state index in [1.54, 1.807) is 0 Å². The van der Waals surface area contributed by atoms with Crippen molar-refractivity contribution in [1.29, 1.82) is 0 Å². The second kappa shape index (κ2) is 6.95. The van der Waals surface area contributed by atoms with Gasteiger partial charge in [0.25, 0.3) is 0 Å². The van der Waals surface area contributed by atoms with E-state index in [-0.39, 0.29) is 10.8 Å². The summed E-state index contributed by atoms with van der Waals surface area (Å²) in [5.74, 6) is 6.35. The quantitative estimate of drug-likeness (QED) is 0.547. The molecule has 0 bridgehead atoms. The van der Waals surface area contributed by atoms with Gasteiger partial charge < -0.3 is 9.67 Å². The predicted molar refractivity (Wildman–Crippen MR) is 105 cm³/mol. The minimum atomic E-state index is -0.238. The van der Waals surface area contributed by atoms with Crippen LogP contribution in [0, 0.1) is 11.8 Å². The first kappa shape index (κ1) is 16.2. The maximum absolute atomic E-state index is 11.2. The third-order valence-electron chi connectivity index (χ3n) is 4.18. The fourth-order valence-electron chi connectivity index (χ4n) is 2.87. The van der Waals surface area contributed by atoms with Crippen LogP contribution in [0.15, 0.2) is 65.6 Å². The Morgan fingerprint density at radius 1 is 1.08 bits per heavy atom. The van der Waals surface area contributed by atoms with Crippen LogP contribution in [0.4, 0.5) is 0 Å². The Kier molecular flexibility index (Phi) is 4.34. The number of nitrogens with zero attached hydrogens (tertiary/aromatic N) is 1. The van der Waals surface area contributed by atoms with Gasteiger partial charge in [-0.2, -0.15) is 0 Å². The Morgan fingerprint density at radius 3 is 2.65 bits per heavy atom. The smallest absolute Gasteiger partial charge is 0.307 e. The van der Waals surface area contributed by atoms with Crippen molar-refractivity contribution in [3.05, 3.63) is 86.5 Å². The molecule has 2 N–H and O–H groups in total. The number of para-hydroxylation sites is 1. The molecule has 5 heteroatoms. The van der Waals surface area contributed by atoms with Gasteiger partial charge in [-0.25, -0.2) is 0 Å². The van der Waals surface area contributed by atoms with Gasteiger partial charge in [-0.1, -0.05) is 53.5 Å². The Bertz CT molecular complexity index is 1170. The number of hydrogen-bond acceptors (Lipinski definition) is 3. The number of H-pyrrole nitrogens is 1. The molecule has 0 amide bonds. The molecule has 2 heterocycles. The van der Waals surface area contributed by atoms with E-state index in [0.29, 0.717) is 17.8 Å². The fraction of sp³-hybridized carbons (Fsp3) is 0.0952. The van der Waals surface area contributed by atoms with Crippen LogP contribution >= 0.6 is 11.3 Å². The number of hydrogen-bond donors (Lipinski definition) is 2. The maximum atomic E-state index is 11.2. The highest BCUT2D eigenvalue weighted by atomic mass is 32.1. The summed E-state index contributed by atoms with van der Waals surface area (Å²) in [6.07, 6.45) is 2.58. The van der Waals surface area contributed by atoms with Gasteiger partial charge >= 0.3 is 4.87 Å². The first-order valence-electron chi connectivity index (χ1n) is 8.22. The van der Waals surface area contributed by atoms with Gasteiger partial charge in [0.1, 0.15) is 0 Å². The zero-order chi connectivity index (χ0) is 17.9. The molecule has 4 nitrogen and oxygen atoms in total. The van der Waals surface area contributed by atoms with E-state index in [4.69, 9.17) is 0 Å². The Morgan fingerprint density at radius 2 is 1.88 bits per heavy atom. The second-order valence-electron chi connectivity index (χ2n) is 5.96. The molecule has 0 saturated carbocycles. The van der Waals surface area contributed by atoms with Crippen molar-refractivity contribution in [1.82, 2.24) is 9.55 Å². The number of nitrogens with one attached hydrogen (secondary N) is 1. The number of aromatic amines is 1. The molecule has 0 aliphatic heterocycles. The second-order valence-corrected chi connectivity index (χ2v) is 7.03. The van der Waals surface area contributed by atoms with Gasteiger partial charge in [0.15, 0.2) is 0 Å². The summed E-state index contributed by atoms with van der Waals surface area (Å²) in [6, 6.07) is 18.2. The maximum Gasteiger partial charge on any atom is 0.307 e. The Labute approximate surface area is 154 Å². The molecular formula is C21H16N2O2S. The highest BCUT2D eigenvalue weighted by Crippen LogP contribution is 2.20. The van der Waals surface area contributed by atoms with Crippen LogP contribution in [-0.2, 0) is 13.0 Å². The summed E-state index contributed by atoms with van der Waals surface area (Å²) in [5, 5.41) is 10.9. The molecule has 0 aliphatic carbocycles. The third-order valence-corrected chi connectivity index (χ3v) is 5.05. The van der Waals surface area contributed by atoms with E-state index in [0.717, 1.165) is 22.5 Å². The summed E-state index contributed by atoms with van der Waals surface area (Å²) in [5.41, 5.74) is 3.15. The first-order chi connectivity index (χ1) is 12.7. The fourth-order valence-corrected chi connectivity index (χ4v) is 3.63. The predicted octanol–water partition coefficient (Wildman–Crippen LogP) is 3.74. The zero-order valence-electron chi connectivity index (χ0n) is 13.9. The molecular weight excluding hydrogens is 344 g/mol. The molecule has 0 atom stereocenters. The molecule has 4 aromatic rings. The highest BCUT2D eigenvalue weighted by molar-refractivity contribution is 7.09. The molecule has 0 fully saturated rings. The van der Waals surface area contributed by atoms with E-state index in [2.05, 4.69) is 45.8 Å². The van der Waals surface area contributed by atoms with E-state index >= 15 is 0 Å². The molecule has 2 aromatic heterocycles. The number of aromatic hydroxyl groups is 1. The Hall–Kier alpha value is -3.23. The van der Waals surface area contributed by atoms with Gasteiger partial charge in [0, 0.05) is 23.7 Å². The molecule has 2 aromatic carbocycles. The van der Waals surface area contributed by atoms with Crippen molar-refractivity contribution in [3.8, 4) is 17.7 Å². The van der Waals surface area contributed by atoms with Crippen molar-refractivity contribution in [2.75, 3.05) is 0 Å². The van der Waals surface area contributed by atoms with E-state index in [1.165, 1.54) is 10.9 Å². The lowest BCUT2D eigenvalue weighted by atomic mass is 10.1. The molecule has 0 radical (unpaired) electrons. The van der Waals surface area contributed by atoms with E-state index in [9.17, 15) is 9.90 Å². The summed E-state index contributed by atoms with van der Waals surface area (Å²) < 4.78 is 2.13. The molecule has 0 spiro atoms. The topological polar surface area (TPSA) is 58.0 Å².